The average Bonchev–Trinajstić information content (AvgIpc) is 3.60. The smallest absolute Gasteiger partial charge is 0.317 e. The van der Waals surface area contributed by atoms with E-state index in [-0.39, 0.29) is 43.6 Å². The normalized spacial score (nSPS) is 18.2. The van der Waals surface area contributed by atoms with Gasteiger partial charge in [-0.3, -0.25) is 9.59 Å². The van der Waals surface area contributed by atoms with Crippen molar-refractivity contribution in [3.05, 3.63) is 64.1 Å². The van der Waals surface area contributed by atoms with Gasteiger partial charge in [-0.25, -0.2) is 8.42 Å². The van der Waals surface area contributed by atoms with E-state index in [9.17, 15) is 18.0 Å². The molecule has 1 amide bonds. The number of esters is 1. The quantitative estimate of drug-likeness (QED) is 0.573. The highest BCUT2D eigenvalue weighted by atomic mass is 35.5. The Hall–Kier alpha value is -2.13. The number of amides is 1. The number of nitrogens with zero attached hydrogens (tertiary/aromatic N) is 2. The van der Waals surface area contributed by atoms with Gasteiger partial charge in [0.05, 0.1) is 10.3 Å². The van der Waals surface area contributed by atoms with E-state index in [4.69, 9.17) is 27.9 Å². The molecule has 4 rings (SSSR count). The summed E-state index contributed by atoms with van der Waals surface area (Å²) < 4.78 is 32.2. The van der Waals surface area contributed by atoms with Crippen molar-refractivity contribution in [1.82, 2.24) is 9.21 Å². The molecule has 1 heterocycles. The van der Waals surface area contributed by atoms with Crippen molar-refractivity contribution in [1.29, 1.82) is 0 Å². The number of ether oxygens (including phenoxy) is 1. The molecule has 1 saturated carbocycles. The van der Waals surface area contributed by atoms with Crippen LogP contribution in [0.2, 0.25) is 10.0 Å². The Balaban J connectivity index is 1.30. The number of sulfonamides is 1. The van der Waals surface area contributed by atoms with Crippen LogP contribution < -0.4 is 0 Å². The van der Waals surface area contributed by atoms with Crippen LogP contribution in [-0.4, -0.2) is 62.3 Å². The van der Waals surface area contributed by atoms with Crippen LogP contribution in [0.1, 0.15) is 18.4 Å². The average molecular weight is 497 g/mol. The first kappa shape index (κ1) is 23.0. The Labute approximate surface area is 196 Å². The van der Waals surface area contributed by atoms with Gasteiger partial charge in [-0.1, -0.05) is 35.3 Å². The molecule has 2 fully saturated rings. The first-order chi connectivity index (χ1) is 15.2. The number of hydrogen-bond donors (Lipinski definition) is 0. The van der Waals surface area contributed by atoms with E-state index in [1.54, 1.807) is 24.3 Å². The highest BCUT2D eigenvalue weighted by Crippen LogP contribution is 2.49. The lowest BCUT2D eigenvalue weighted by molar-refractivity contribution is -0.154. The molecule has 1 saturated heterocycles. The van der Waals surface area contributed by atoms with Gasteiger partial charge in [0.1, 0.15) is 0 Å². The highest BCUT2D eigenvalue weighted by molar-refractivity contribution is 7.89. The highest BCUT2D eigenvalue weighted by Gasteiger charge is 2.53. The Morgan fingerprint density at radius 3 is 1.94 bits per heavy atom. The Morgan fingerprint density at radius 2 is 1.41 bits per heavy atom. The van der Waals surface area contributed by atoms with Gasteiger partial charge in [0.15, 0.2) is 6.61 Å². The Bertz CT molecular complexity index is 1110. The monoisotopic (exact) mass is 496 g/mol. The molecule has 2 aliphatic rings. The maximum absolute atomic E-state index is 12.8. The lowest BCUT2D eigenvalue weighted by Crippen LogP contribution is -2.51. The second-order valence-corrected chi connectivity index (χ2v) is 10.7. The van der Waals surface area contributed by atoms with Crippen LogP contribution in [0, 0.1) is 0 Å². The predicted octanol–water partition coefficient (Wildman–Crippen LogP) is 3.10. The van der Waals surface area contributed by atoms with Crippen molar-refractivity contribution >= 4 is 45.1 Å². The molecule has 0 spiro atoms. The number of rotatable bonds is 6. The molecule has 10 heteroatoms. The van der Waals surface area contributed by atoms with Crippen molar-refractivity contribution in [3.63, 3.8) is 0 Å². The van der Waals surface area contributed by atoms with Gasteiger partial charge in [0.25, 0.3) is 5.91 Å². The number of halogens is 2. The molecule has 1 aliphatic carbocycles. The summed E-state index contributed by atoms with van der Waals surface area (Å²) in [4.78, 5) is 26.9. The van der Waals surface area contributed by atoms with Crippen molar-refractivity contribution in [2.75, 3.05) is 32.8 Å². The van der Waals surface area contributed by atoms with E-state index < -0.39 is 21.4 Å². The van der Waals surface area contributed by atoms with Gasteiger partial charge < -0.3 is 9.64 Å². The Kier molecular flexibility index (Phi) is 6.49. The third kappa shape index (κ3) is 4.64. The molecule has 2 aromatic carbocycles. The van der Waals surface area contributed by atoms with Gasteiger partial charge in [-0.2, -0.15) is 4.31 Å². The van der Waals surface area contributed by atoms with E-state index in [0.29, 0.717) is 22.9 Å². The van der Waals surface area contributed by atoms with Crippen molar-refractivity contribution in [2.45, 2.75) is 23.2 Å². The molecule has 0 radical (unpaired) electrons. The topological polar surface area (TPSA) is 84.0 Å². The number of carbonyl (C=O) groups is 2. The summed E-state index contributed by atoms with van der Waals surface area (Å²) in [5.74, 6) is -0.758. The molecule has 0 atom stereocenters. The summed E-state index contributed by atoms with van der Waals surface area (Å²) in [6, 6.07) is 13.0. The molecule has 2 aromatic rings. The van der Waals surface area contributed by atoms with Gasteiger partial charge in [-0.15, -0.1) is 0 Å². The molecule has 0 N–H and O–H groups in total. The van der Waals surface area contributed by atoms with Crippen LogP contribution in [0.25, 0.3) is 0 Å². The largest absolute Gasteiger partial charge is 0.455 e. The molecule has 170 valence electrons. The second kappa shape index (κ2) is 9.02. The lowest BCUT2D eigenvalue weighted by Gasteiger charge is -2.34. The van der Waals surface area contributed by atoms with E-state index in [2.05, 4.69) is 0 Å². The van der Waals surface area contributed by atoms with Crippen LogP contribution in [0.15, 0.2) is 53.4 Å². The van der Waals surface area contributed by atoms with E-state index >= 15 is 0 Å². The number of hydrogen-bond acceptors (Lipinski definition) is 5. The van der Waals surface area contributed by atoms with E-state index in [1.807, 2.05) is 0 Å². The molecule has 0 unspecified atom stereocenters. The van der Waals surface area contributed by atoms with Gasteiger partial charge >= 0.3 is 5.97 Å². The predicted molar refractivity (Wildman–Crippen MR) is 120 cm³/mol. The zero-order valence-electron chi connectivity index (χ0n) is 17.2. The fourth-order valence-corrected chi connectivity index (χ4v) is 5.47. The fourth-order valence-electron chi connectivity index (χ4n) is 3.79. The maximum atomic E-state index is 12.8. The Morgan fingerprint density at radius 1 is 0.875 bits per heavy atom. The molecule has 1 aliphatic heterocycles. The summed E-state index contributed by atoms with van der Waals surface area (Å²) >= 11 is 11.7. The van der Waals surface area contributed by atoms with Gasteiger partial charge in [0, 0.05) is 36.2 Å². The third-order valence-electron chi connectivity index (χ3n) is 5.91. The van der Waals surface area contributed by atoms with Crippen molar-refractivity contribution in [3.8, 4) is 0 Å². The molecule has 32 heavy (non-hydrogen) atoms. The lowest BCUT2D eigenvalue weighted by atomic mass is 9.96. The third-order valence-corrected chi connectivity index (χ3v) is 8.32. The summed E-state index contributed by atoms with van der Waals surface area (Å²) in [5, 5.41) is 1.04. The molecule has 0 bridgehead atoms. The second-order valence-electron chi connectivity index (χ2n) is 7.90. The van der Waals surface area contributed by atoms with Gasteiger partial charge in [0.2, 0.25) is 10.0 Å². The summed E-state index contributed by atoms with van der Waals surface area (Å²) in [7, 11) is -3.66. The molecule has 7 nitrogen and oxygen atoms in total. The SMILES string of the molecule is O=C(COC(=O)C1(c2ccc(Cl)cc2)CC1)N1CCN(S(=O)(=O)c2ccc(Cl)cc2)CC1. The minimum Gasteiger partial charge on any atom is -0.455 e. The summed E-state index contributed by atoms with van der Waals surface area (Å²) in [6.07, 6.45) is 1.34. The number of carbonyl (C=O) groups excluding carboxylic acids is 2. The zero-order chi connectivity index (χ0) is 22.9. The molecule has 0 aromatic heterocycles. The number of piperazine rings is 1. The first-order valence-electron chi connectivity index (χ1n) is 10.2. The van der Waals surface area contributed by atoms with Crippen molar-refractivity contribution < 1.29 is 22.7 Å². The van der Waals surface area contributed by atoms with Crippen LogP contribution in [0.5, 0.6) is 0 Å². The maximum Gasteiger partial charge on any atom is 0.317 e. The summed E-state index contributed by atoms with van der Waals surface area (Å²) in [6.45, 7) is 0.424. The standard InChI is InChI=1S/C22H22Cl2N2O5S/c23-17-3-1-16(2-4-17)22(9-10-22)21(28)31-15-20(27)25-11-13-26(14-12-25)32(29,30)19-7-5-18(24)6-8-19/h1-8H,9-15H2. The fraction of sp³-hybridized carbons (Fsp3) is 0.364. The molecular weight excluding hydrogens is 475 g/mol. The molecular formula is C22H22Cl2N2O5S. The summed E-state index contributed by atoms with van der Waals surface area (Å²) in [5.41, 5.74) is 0.135. The van der Waals surface area contributed by atoms with Crippen LogP contribution in [0.3, 0.4) is 0 Å². The minimum atomic E-state index is -3.66. The zero-order valence-corrected chi connectivity index (χ0v) is 19.5. The number of benzene rings is 2. The van der Waals surface area contributed by atoms with Crippen LogP contribution in [-0.2, 0) is 29.8 Å². The van der Waals surface area contributed by atoms with Gasteiger partial charge in [-0.05, 0) is 54.8 Å². The first-order valence-corrected chi connectivity index (χ1v) is 12.4. The van der Waals surface area contributed by atoms with Crippen LogP contribution >= 0.6 is 23.2 Å². The van der Waals surface area contributed by atoms with E-state index in [1.165, 1.54) is 33.5 Å². The minimum absolute atomic E-state index is 0.160. The van der Waals surface area contributed by atoms with E-state index in [0.717, 1.165) is 5.56 Å². The van der Waals surface area contributed by atoms with Crippen molar-refractivity contribution in [2.24, 2.45) is 0 Å². The van der Waals surface area contributed by atoms with Crippen LogP contribution in [0.4, 0.5) is 0 Å².